The Labute approximate surface area is 126 Å². The second-order valence-corrected chi connectivity index (χ2v) is 6.56. The van der Waals surface area contributed by atoms with E-state index in [1.807, 2.05) is 20.8 Å². The maximum Gasteiger partial charge on any atom is 0.317 e. The molecule has 0 heterocycles. The van der Waals surface area contributed by atoms with Gasteiger partial charge in [-0.05, 0) is 38.5 Å². The van der Waals surface area contributed by atoms with Gasteiger partial charge in [-0.1, -0.05) is 12.1 Å². The molecule has 0 saturated carbocycles. The van der Waals surface area contributed by atoms with Gasteiger partial charge in [-0.3, -0.25) is 0 Å². The topological polar surface area (TPSA) is 75.7 Å². The second kappa shape index (κ2) is 7.31. The summed E-state index contributed by atoms with van der Waals surface area (Å²) in [7, 11) is -3.52. The average molecular weight is 314 g/mol. The fourth-order valence-corrected chi connectivity index (χ4v) is 2.22. The number of nitrogens with one attached hydrogen (secondary N) is 1. The van der Waals surface area contributed by atoms with Gasteiger partial charge >= 0.3 is 16.1 Å². The van der Waals surface area contributed by atoms with E-state index in [4.69, 9.17) is 4.18 Å². The standard InChI is InChI=1S/C14H22N2O4S/c1-5-15-14(17)16(11(2)3)10-12-6-8-13(9-7-12)20-21(4,18)19/h6-9,11H,5,10H2,1-4H3,(H,15,17). The van der Waals surface area contributed by atoms with Gasteiger partial charge < -0.3 is 14.4 Å². The summed E-state index contributed by atoms with van der Waals surface area (Å²) in [6.45, 7) is 6.77. The normalized spacial score (nSPS) is 11.3. The van der Waals surface area contributed by atoms with Crippen LogP contribution in [0, 0.1) is 0 Å². The molecular formula is C14H22N2O4S. The van der Waals surface area contributed by atoms with Crippen LogP contribution >= 0.6 is 0 Å². The first-order valence-electron chi connectivity index (χ1n) is 6.75. The molecule has 0 bridgehead atoms. The Bertz CT molecular complexity index is 567. The Morgan fingerprint density at radius 2 is 1.86 bits per heavy atom. The van der Waals surface area contributed by atoms with Crippen molar-refractivity contribution >= 4 is 16.1 Å². The molecule has 0 aliphatic rings. The lowest BCUT2D eigenvalue weighted by molar-refractivity contribution is 0.180. The zero-order chi connectivity index (χ0) is 16.0. The predicted octanol–water partition coefficient (Wildman–Crippen LogP) is 1.96. The molecule has 0 saturated heterocycles. The third-order valence-corrected chi connectivity index (χ3v) is 3.23. The van der Waals surface area contributed by atoms with Crippen molar-refractivity contribution in [1.29, 1.82) is 0 Å². The molecule has 7 heteroatoms. The molecule has 0 fully saturated rings. The molecule has 1 N–H and O–H groups in total. The maximum atomic E-state index is 12.0. The Hall–Kier alpha value is -1.76. The fourth-order valence-electron chi connectivity index (χ4n) is 1.76. The van der Waals surface area contributed by atoms with Crippen molar-refractivity contribution in [3.05, 3.63) is 29.8 Å². The number of nitrogens with zero attached hydrogens (tertiary/aromatic N) is 1. The highest BCUT2D eigenvalue weighted by molar-refractivity contribution is 7.86. The van der Waals surface area contributed by atoms with E-state index in [-0.39, 0.29) is 17.8 Å². The van der Waals surface area contributed by atoms with Crippen molar-refractivity contribution in [3.63, 3.8) is 0 Å². The van der Waals surface area contributed by atoms with Gasteiger partial charge in [0.05, 0.1) is 6.26 Å². The molecule has 1 aromatic rings. The molecule has 0 aromatic heterocycles. The molecule has 0 unspecified atom stereocenters. The number of urea groups is 1. The minimum Gasteiger partial charge on any atom is -0.383 e. The van der Waals surface area contributed by atoms with Crippen molar-refractivity contribution in [1.82, 2.24) is 10.2 Å². The highest BCUT2D eigenvalue weighted by Crippen LogP contribution is 2.16. The van der Waals surface area contributed by atoms with Crippen molar-refractivity contribution in [2.45, 2.75) is 33.4 Å². The van der Waals surface area contributed by atoms with Gasteiger partial charge in [-0.25, -0.2) is 4.79 Å². The molecule has 118 valence electrons. The van der Waals surface area contributed by atoms with Gasteiger partial charge in [0.1, 0.15) is 5.75 Å². The third kappa shape index (κ3) is 6.03. The number of hydrogen-bond donors (Lipinski definition) is 1. The molecule has 2 amide bonds. The van der Waals surface area contributed by atoms with Crippen molar-refractivity contribution in [2.24, 2.45) is 0 Å². The van der Waals surface area contributed by atoms with E-state index in [9.17, 15) is 13.2 Å². The lowest BCUT2D eigenvalue weighted by Crippen LogP contribution is -2.43. The van der Waals surface area contributed by atoms with E-state index in [1.54, 1.807) is 29.2 Å². The fraction of sp³-hybridized carbons (Fsp3) is 0.500. The quantitative estimate of drug-likeness (QED) is 0.815. The van der Waals surface area contributed by atoms with Crippen LogP contribution in [-0.2, 0) is 16.7 Å². The van der Waals surface area contributed by atoms with E-state index < -0.39 is 10.1 Å². The lowest BCUT2D eigenvalue weighted by atomic mass is 10.2. The van der Waals surface area contributed by atoms with Gasteiger partial charge in [-0.15, -0.1) is 0 Å². The van der Waals surface area contributed by atoms with Crippen molar-refractivity contribution in [2.75, 3.05) is 12.8 Å². The number of rotatable bonds is 6. The zero-order valence-electron chi connectivity index (χ0n) is 12.8. The molecular weight excluding hydrogens is 292 g/mol. The van der Waals surface area contributed by atoms with Crippen LogP contribution in [0.4, 0.5) is 4.79 Å². The van der Waals surface area contributed by atoms with Gasteiger partial charge in [0.15, 0.2) is 0 Å². The molecule has 0 spiro atoms. The molecule has 0 aliphatic heterocycles. The minimum absolute atomic E-state index is 0.0588. The van der Waals surface area contributed by atoms with Crippen LogP contribution in [0.15, 0.2) is 24.3 Å². The van der Waals surface area contributed by atoms with E-state index in [0.29, 0.717) is 13.1 Å². The second-order valence-electron chi connectivity index (χ2n) is 4.99. The molecule has 1 aromatic carbocycles. The maximum absolute atomic E-state index is 12.0. The molecule has 1 rings (SSSR count). The van der Waals surface area contributed by atoms with E-state index >= 15 is 0 Å². The summed E-state index contributed by atoms with van der Waals surface area (Å²) < 4.78 is 26.8. The van der Waals surface area contributed by atoms with Crippen LogP contribution in [0.5, 0.6) is 5.75 Å². The first-order valence-corrected chi connectivity index (χ1v) is 8.57. The van der Waals surface area contributed by atoms with Crippen molar-refractivity contribution in [3.8, 4) is 5.75 Å². The summed E-state index contributed by atoms with van der Waals surface area (Å²) in [6.07, 6.45) is 0.997. The predicted molar refractivity (Wildman–Crippen MR) is 81.7 cm³/mol. The van der Waals surface area contributed by atoms with Gasteiger partial charge in [0.2, 0.25) is 0 Å². The van der Waals surface area contributed by atoms with Crippen LogP contribution in [0.25, 0.3) is 0 Å². The van der Waals surface area contributed by atoms with Crippen molar-refractivity contribution < 1.29 is 17.4 Å². The molecule has 6 nitrogen and oxygen atoms in total. The first kappa shape index (κ1) is 17.3. The van der Waals surface area contributed by atoms with Gasteiger partial charge in [-0.2, -0.15) is 8.42 Å². The minimum atomic E-state index is -3.52. The van der Waals surface area contributed by atoms with Gasteiger partial charge in [0.25, 0.3) is 0 Å². The monoisotopic (exact) mass is 314 g/mol. The Balaban J connectivity index is 2.79. The Morgan fingerprint density at radius 3 is 2.29 bits per heavy atom. The number of carbonyl (C=O) groups excluding carboxylic acids is 1. The Morgan fingerprint density at radius 1 is 1.29 bits per heavy atom. The molecule has 21 heavy (non-hydrogen) atoms. The SMILES string of the molecule is CCNC(=O)N(Cc1ccc(OS(C)(=O)=O)cc1)C(C)C. The smallest absolute Gasteiger partial charge is 0.317 e. The highest BCUT2D eigenvalue weighted by atomic mass is 32.2. The number of benzene rings is 1. The summed E-state index contributed by atoms with van der Waals surface area (Å²) in [5.41, 5.74) is 0.899. The van der Waals surface area contributed by atoms with Crippen LogP contribution in [0.1, 0.15) is 26.3 Å². The summed E-state index contributed by atoms with van der Waals surface area (Å²) in [5.74, 6) is 0.260. The van der Waals surface area contributed by atoms with Crippen LogP contribution in [0.2, 0.25) is 0 Å². The number of amides is 2. The van der Waals surface area contributed by atoms with E-state index in [2.05, 4.69) is 5.32 Å². The first-order chi connectivity index (χ1) is 9.73. The molecule has 0 radical (unpaired) electrons. The van der Waals surface area contributed by atoms with Gasteiger partial charge in [0, 0.05) is 19.1 Å². The zero-order valence-corrected chi connectivity index (χ0v) is 13.6. The summed E-state index contributed by atoms with van der Waals surface area (Å²) in [4.78, 5) is 13.7. The van der Waals surface area contributed by atoms with Crippen LogP contribution < -0.4 is 9.50 Å². The number of hydrogen-bond acceptors (Lipinski definition) is 4. The summed E-state index contributed by atoms with van der Waals surface area (Å²) in [5, 5.41) is 2.77. The summed E-state index contributed by atoms with van der Waals surface area (Å²) >= 11 is 0. The lowest BCUT2D eigenvalue weighted by Gasteiger charge is -2.27. The summed E-state index contributed by atoms with van der Waals surface area (Å²) in [6, 6.07) is 6.58. The van der Waals surface area contributed by atoms with Crippen LogP contribution in [-0.4, -0.2) is 38.2 Å². The van der Waals surface area contributed by atoms with E-state index in [0.717, 1.165) is 11.8 Å². The average Bonchev–Trinajstić information content (AvgIpc) is 2.35. The highest BCUT2D eigenvalue weighted by Gasteiger charge is 2.16. The van der Waals surface area contributed by atoms with E-state index in [1.165, 1.54) is 0 Å². The largest absolute Gasteiger partial charge is 0.383 e. The third-order valence-electron chi connectivity index (χ3n) is 2.74. The number of carbonyl (C=O) groups is 1. The molecule has 0 aliphatic carbocycles. The van der Waals surface area contributed by atoms with Crippen LogP contribution in [0.3, 0.4) is 0 Å². The Kier molecular flexibility index (Phi) is 6.02. The molecule has 0 atom stereocenters.